The smallest absolute Gasteiger partial charge is 0.0589 e. The van der Waals surface area contributed by atoms with Crippen molar-refractivity contribution in [1.82, 2.24) is 14.7 Å². The minimum absolute atomic E-state index is 0.259. The predicted octanol–water partition coefficient (Wildman–Crippen LogP) is 2.93. The molecule has 1 saturated heterocycles. The highest BCUT2D eigenvalue weighted by Crippen LogP contribution is 2.26. The first kappa shape index (κ1) is 20.9. The molecular formula is C19H41N3O. The molecule has 0 spiro atoms. The van der Waals surface area contributed by atoms with Crippen molar-refractivity contribution < 1.29 is 4.74 Å². The normalized spacial score (nSPS) is 23.0. The number of likely N-dealkylation sites (tertiary alicyclic amines) is 1. The summed E-state index contributed by atoms with van der Waals surface area (Å²) in [5.41, 5.74) is 0.559. The maximum absolute atomic E-state index is 5.25. The van der Waals surface area contributed by atoms with Gasteiger partial charge in [-0.1, -0.05) is 6.92 Å². The van der Waals surface area contributed by atoms with Crippen molar-refractivity contribution >= 4 is 0 Å². The first-order valence-corrected chi connectivity index (χ1v) is 9.29. The quantitative estimate of drug-likeness (QED) is 0.648. The van der Waals surface area contributed by atoms with Gasteiger partial charge in [0, 0.05) is 43.9 Å². The molecule has 4 heteroatoms. The Hall–Kier alpha value is -0.160. The second kappa shape index (κ2) is 8.80. The van der Waals surface area contributed by atoms with Gasteiger partial charge in [-0.05, 0) is 67.6 Å². The minimum Gasteiger partial charge on any atom is -0.383 e. The Morgan fingerprint density at radius 2 is 1.78 bits per heavy atom. The fraction of sp³-hybridized carbons (Fsp3) is 1.00. The molecule has 1 rings (SSSR count). The van der Waals surface area contributed by atoms with Gasteiger partial charge >= 0.3 is 0 Å². The van der Waals surface area contributed by atoms with Crippen LogP contribution < -0.4 is 0 Å². The molecule has 0 amide bonds. The molecule has 0 bridgehead atoms. The lowest BCUT2D eigenvalue weighted by Crippen LogP contribution is -2.48. The molecule has 2 atom stereocenters. The van der Waals surface area contributed by atoms with Crippen LogP contribution in [0.1, 0.15) is 53.9 Å². The van der Waals surface area contributed by atoms with E-state index in [4.69, 9.17) is 4.74 Å². The summed E-state index contributed by atoms with van der Waals surface area (Å²) < 4.78 is 5.25. The lowest BCUT2D eigenvalue weighted by molar-refractivity contribution is 0.0687. The Bertz CT molecular complexity index is 342. The van der Waals surface area contributed by atoms with Gasteiger partial charge in [0.2, 0.25) is 0 Å². The Kier molecular flexibility index (Phi) is 7.99. The third-order valence-corrected chi connectivity index (χ3v) is 6.05. The average Bonchev–Trinajstić information content (AvgIpc) is 3.00. The van der Waals surface area contributed by atoms with Crippen LogP contribution in [0.15, 0.2) is 0 Å². The molecule has 138 valence electrons. The maximum Gasteiger partial charge on any atom is 0.0589 e. The number of hydrogen-bond acceptors (Lipinski definition) is 4. The summed E-state index contributed by atoms with van der Waals surface area (Å²) in [6.07, 6.45) is 3.70. The van der Waals surface area contributed by atoms with Crippen molar-refractivity contribution in [2.75, 3.05) is 54.0 Å². The first-order valence-electron chi connectivity index (χ1n) is 9.29. The van der Waals surface area contributed by atoms with Crippen LogP contribution in [-0.2, 0) is 4.74 Å². The third kappa shape index (κ3) is 6.00. The van der Waals surface area contributed by atoms with E-state index in [2.05, 4.69) is 63.4 Å². The Balaban J connectivity index is 2.49. The van der Waals surface area contributed by atoms with Gasteiger partial charge in [-0.3, -0.25) is 9.80 Å². The lowest BCUT2D eigenvalue weighted by Gasteiger charge is -2.40. The third-order valence-electron chi connectivity index (χ3n) is 6.05. The van der Waals surface area contributed by atoms with Crippen LogP contribution in [0.3, 0.4) is 0 Å². The Morgan fingerprint density at radius 3 is 2.26 bits per heavy atom. The van der Waals surface area contributed by atoms with Crippen LogP contribution in [-0.4, -0.2) is 85.8 Å². The summed E-state index contributed by atoms with van der Waals surface area (Å²) in [4.78, 5) is 7.68. The molecule has 4 nitrogen and oxygen atoms in total. The first-order chi connectivity index (χ1) is 10.6. The largest absolute Gasteiger partial charge is 0.383 e. The number of nitrogens with zero attached hydrogens (tertiary/aromatic N) is 3. The van der Waals surface area contributed by atoms with Gasteiger partial charge in [0.05, 0.1) is 6.61 Å². The molecule has 0 N–H and O–H groups in total. The molecule has 1 aliphatic heterocycles. The van der Waals surface area contributed by atoms with Crippen LogP contribution >= 0.6 is 0 Å². The van der Waals surface area contributed by atoms with E-state index in [1.54, 1.807) is 7.11 Å². The van der Waals surface area contributed by atoms with Crippen molar-refractivity contribution in [1.29, 1.82) is 0 Å². The van der Waals surface area contributed by atoms with Crippen molar-refractivity contribution in [3.63, 3.8) is 0 Å². The van der Waals surface area contributed by atoms with Crippen LogP contribution in [0.5, 0.6) is 0 Å². The van der Waals surface area contributed by atoms with E-state index in [0.717, 1.165) is 13.2 Å². The fourth-order valence-electron chi connectivity index (χ4n) is 3.45. The number of likely N-dealkylation sites (N-methyl/N-ethyl adjacent to an activating group) is 2. The highest BCUT2D eigenvalue weighted by molar-refractivity contribution is 4.90. The van der Waals surface area contributed by atoms with Crippen LogP contribution in [0.4, 0.5) is 0 Å². The predicted molar refractivity (Wildman–Crippen MR) is 100 cm³/mol. The minimum atomic E-state index is 0.259. The summed E-state index contributed by atoms with van der Waals surface area (Å²) in [7, 11) is 6.33. The standard InChI is InChI=1S/C19H41N3O/c1-9-19(5,21(7)14-15-23-8)11-13-20(6)17-10-12-22(16-17)18(2,3)4/h17H,9-16H2,1-8H3/t17-,19?/m1/s1. The van der Waals surface area contributed by atoms with Crippen LogP contribution in [0.25, 0.3) is 0 Å². The van der Waals surface area contributed by atoms with Crippen molar-refractivity contribution in [3.8, 4) is 0 Å². The second-order valence-corrected chi connectivity index (χ2v) is 8.55. The van der Waals surface area contributed by atoms with Gasteiger partial charge < -0.3 is 9.64 Å². The lowest BCUT2D eigenvalue weighted by atomic mass is 9.92. The molecule has 0 aromatic rings. The van der Waals surface area contributed by atoms with E-state index >= 15 is 0 Å². The average molecular weight is 328 g/mol. The van der Waals surface area contributed by atoms with E-state index in [1.807, 2.05) is 0 Å². The number of methoxy groups -OCH3 is 1. The molecular weight excluding hydrogens is 286 g/mol. The SMILES string of the molecule is CCC(C)(CCN(C)[C@@H]1CCN(C(C)(C)C)C1)N(C)CCOC. The zero-order chi connectivity index (χ0) is 17.7. The van der Waals surface area contributed by atoms with Crippen LogP contribution in [0, 0.1) is 0 Å². The summed E-state index contributed by atoms with van der Waals surface area (Å²) >= 11 is 0. The Morgan fingerprint density at radius 1 is 1.13 bits per heavy atom. The molecule has 0 radical (unpaired) electrons. The van der Waals surface area contributed by atoms with E-state index in [0.29, 0.717) is 11.6 Å². The molecule has 0 aromatic carbocycles. The fourth-order valence-corrected chi connectivity index (χ4v) is 3.45. The summed E-state index contributed by atoms with van der Waals surface area (Å²) in [6.45, 7) is 17.1. The highest BCUT2D eigenvalue weighted by Gasteiger charge is 2.33. The zero-order valence-electron chi connectivity index (χ0n) is 17.0. The molecule has 1 heterocycles. The van der Waals surface area contributed by atoms with Gasteiger partial charge in [0.25, 0.3) is 0 Å². The molecule has 0 saturated carbocycles. The molecule has 0 aromatic heterocycles. The molecule has 1 aliphatic rings. The van der Waals surface area contributed by atoms with Gasteiger partial charge in [-0.25, -0.2) is 0 Å². The van der Waals surface area contributed by atoms with Crippen molar-refractivity contribution in [3.05, 3.63) is 0 Å². The number of hydrogen-bond donors (Lipinski definition) is 0. The van der Waals surface area contributed by atoms with E-state index in [-0.39, 0.29) is 5.54 Å². The van der Waals surface area contributed by atoms with Gasteiger partial charge in [0.1, 0.15) is 0 Å². The van der Waals surface area contributed by atoms with Gasteiger partial charge in [0.15, 0.2) is 0 Å². The number of ether oxygens (including phenoxy) is 1. The molecule has 1 fully saturated rings. The van der Waals surface area contributed by atoms with Gasteiger partial charge in [-0.15, -0.1) is 0 Å². The van der Waals surface area contributed by atoms with Crippen molar-refractivity contribution in [2.45, 2.75) is 71.0 Å². The van der Waals surface area contributed by atoms with E-state index < -0.39 is 0 Å². The Labute approximate surface area is 145 Å². The molecule has 1 unspecified atom stereocenters. The van der Waals surface area contributed by atoms with E-state index in [9.17, 15) is 0 Å². The second-order valence-electron chi connectivity index (χ2n) is 8.55. The van der Waals surface area contributed by atoms with Crippen molar-refractivity contribution in [2.24, 2.45) is 0 Å². The zero-order valence-corrected chi connectivity index (χ0v) is 17.0. The number of rotatable bonds is 9. The monoisotopic (exact) mass is 327 g/mol. The van der Waals surface area contributed by atoms with Crippen LogP contribution in [0.2, 0.25) is 0 Å². The highest BCUT2D eigenvalue weighted by atomic mass is 16.5. The van der Waals surface area contributed by atoms with Gasteiger partial charge in [-0.2, -0.15) is 0 Å². The summed E-state index contributed by atoms with van der Waals surface area (Å²) in [6, 6.07) is 0.708. The maximum atomic E-state index is 5.25. The van der Waals surface area contributed by atoms with E-state index in [1.165, 1.54) is 38.9 Å². The molecule has 23 heavy (non-hydrogen) atoms. The molecule has 0 aliphatic carbocycles. The summed E-state index contributed by atoms with van der Waals surface area (Å²) in [5.74, 6) is 0. The topological polar surface area (TPSA) is 19.0 Å². The summed E-state index contributed by atoms with van der Waals surface area (Å²) in [5, 5.41) is 0.